The Hall–Kier alpha value is -4.25. The molecule has 0 saturated heterocycles. The average Bonchev–Trinajstić information content (AvgIpc) is 3.05. The third-order valence-corrected chi connectivity index (χ3v) is 5.53. The Morgan fingerprint density at radius 2 is 1.61 bits per heavy atom. The van der Waals surface area contributed by atoms with E-state index in [1.807, 2.05) is 32.0 Å². The van der Waals surface area contributed by atoms with E-state index in [0.717, 1.165) is 33.8 Å². The van der Waals surface area contributed by atoms with Gasteiger partial charge in [-0.3, -0.25) is 15.0 Å². The zero-order valence-corrected chi connectivity index (χ0v) is 19.8. The van der Waals surface area contributed by atoms with Crippen molar-refractivity contribution in [2.75, 3.05) is 10.2 Å². The molecule has 7 nitrogen and oxygen atoms in total. The zero-order chi connectivity index (χ0) is 26.0. The number of nitrogens with zero attached hydrogens (tertiary/aromatic N) is 2. The lowest BCUT2D eigenvalue weighted by Crippen LogP contribution is -2.29. The van der Waals surface area contributed by atoms with Crippen molar-refractivity contribution in [2.45, 2.75) is 20.2 Å². The first kappa shape index (κ1) is 24.9. The number of thiocarbonyl (C=S) groups is 1. The van der Waals surface area contributed by atoms with E-state index in [1.54, 1.807) is 6.07 Å². The number of carbonyl (C=O) groups is 2. The van der Waals surface area contributed by atoms with Crippen LogP contribution in [0.4, 0.5) is 24.5 Å². The normalized spacial score (nSPS) is 13.2. The summed E-state index contributed by atoms with van der Waals surface area (Å²) in [6.45, 7) is 3.91. The lowest BCUT2D eigenvalue weighted by Gasteiger charge is -2.15. The minimum atomic E-state index is -4.84. The van der Waals surface area contributed by atoms with Gasteiger partial charge in [0.1, 0.15) is 5.75 Å². The summed E-state index contributed by atoms with van der Waals surface area (Å²) in [6, 6.07) is 14.9. The van der Waals surface area contributed by atoms with E-state index < -0.39 is 23.9 Å². The number of anilines is 2. The van der Waals surface area contributed by atoms with Gasteiger partial charge in [-0.1, -0.05) is 24.3 Å². The molecule has 1 aliphatic rings. The number of para-hydroxylation sites is 1. The smallest absolute Gasteiger partial charge is 0.406 e. The van der Waals surface area contributed by atoms with Gasteiger partial charge in [-0.15, -0.1) is 13.2 Å². The summed E-state index contributed by atoms with van der Waals surface area (Å²) in [7, 11) is 0. The van der Waals surface area contributed by atoms with E-state index in [4.69, 9.17) is 12.2 Å². The van der Waals surface area contributed by atoms with Crippen LogP contribution in [0.1, 0.15) is 37.4 Å². The predicted molar refractivity (Wildman–Crippen MR) is 134 cm³/mol. The molecule has 0 unspecified atom stereocenters. The van der Waals surface area contributed by atoms with Gasteiger partial charge in [0, 0.05) is 5.69 Å². The second-order valence-corrected chi connectivity index (χ2v) is 8.29. The van der Waals surface area contributed by atoms with Crippen LogP contribution in [0.2, 0.25) is 0 Å². The van der Waals surface area contributed by atoms with Crippen molar-refractivity contribution < 1.29 is 27.5 Å². The molecule has 0 spiro atoms. The fourth-order valence-corrected chi connectivity index (χ4v) is 3.84. The molecule has 1 heterocycles. The Balaban J connectivity index is 1.45. The minimum absolute atomic E-state index is 0.121. The van der Waals surface area contributed by atoms with Gasteiger partial charge in [-0.25, -0.2) is 4.90 Å². The van der Waals surface area contributed by atoms with Crippen molar-refractivity contribution in [3.8, 4) is 5.75 Å². The fourth-order valence-electron chi connectivity index (χ4n) is 3.69. The number of imide groups is 1. The van der Waals surface area contributed by atoms with Crippen molar-refractivity contribution in [1.29, 1.82) is 0 Å². The van der Waals surface area contributed by atoms with Crippen LogP contribution in [0, 0.1) is 13.8 Å². The molecule has 2 amide bonds. The van der Waals surface area contributed by atoms with Crippen molar-refractivity contribution in [1.82, 2.24) is 5.43 Å². The highest BCUT2D eigenvalue weighted by Crippen LogP contribution is 2.31. The number of ether oxygens (including phenoxy) is 1. The number of nitrogens with one attached hydrogen (secondary N) is 2. The number of fused-ring (bicyclic) bond motifs is 1. The Morgan fingerprint density at radius 1 is 0.972 bits per heavy atom. The van der Waals surface area contributed by atoms with E-state index >= 15 is 0 Å². The number of amides is 2. The zero-order valence-electron chi connectivity index (χ0n) is 19.0. The standard InChI is InChI=1S/C25H19F3N4O3S/c1-14-4-3-5-15(2)21(14)30-24(36)31-29-13-16-6-11-19-20(12-16)23(34)32(22(19)33)17-7-9-18(10-8-17)35-25(26,27)28/h3-13H,1-2H3,(H2,30,31,36)/b29-13+. The molecule has 0 fully saturated rings. The summed E-state index contributed by atoms with van der Waals surface area (Å²) in [6.07, 6.45) is -3.40. The molecule has 0 bridgehead atoms. The molecule has 1 aliphatic heterocycles. The first-order valence-electron chi connectivity index (χ1n) is 10.6. The molecule has 3 aromatic carbocycles. The van der Waals surface area contributed by atoms with Crippen LogP contribution < -0.4 is 20.4 Å². The van der Waals surface area contributed by atoms with Gasteiger partial charge >= 0.3 is 6.36 Å². The molecular weight excluding hydrogens is 493 g/mol. The Morgan fingerprint density at radius 3 is 2.25 bits per heavy atom. The highest BCUT2D eigenvalue weighted by atomic mass is 32.1. The second kappa shape index (κ2) is 9.78. The summed E-state index contributed by atoms with van der Waals surface area (Å²) < 4.78 is 41.0. The first-order valence-corrected chi connectivity index (χ1v) is 11.0. The maximum absolute atomic E-state index is 12.9. The summed E-state index contributed by atoms with van der Waals surface area (Å²) >= 11 is 5.28. The van der Waals surface area contributed by atoms with E-state index in [-0.39, 0.29) is 21.9 Å². The second-order valence-electron chi connectivity index (χ2n) is 7.88. The summed E-state index contributed by atoms with van der Waals surface area (Å²) in [5.41, 5.74) is 6.62. The number of hydrogen-bond acceptors (Lipinski definition) is 5. The van der Waals surface area contributed by atoms with Gasteiger partial charge in [0.15, 0.2) is 5.11 Å². The van der Waals surface area contributed by atoms with Crippen LogP contribution in [0.5, 0.6) is 5.75 Å². The predicted octanol–water partition coefficient (Wildman–Crippen LogP) is 5.32. The Labute approximate surface area is 209 Å². The van der Waals surface area contributed by atoms with Gasteiger partial charge in [-0.05, 0) is 79.2 Å². The number of alkyl halides is 3. The topological polar surface area (TPSA) is 83.0 Å². The molecule has 36 heavy (non-hydrogen) atoms. The van der Waals surface area contributed by atoms with E-state index in [2.05, 4.69) is 20.6 Å². The van der Waals surface area contributed by atoms with Gasteiger partial charge < -0.3 is 10.1 Å². The Bertz CT molecular complexity index is 1370. The van der Waals surface area contributed by atoms with Crippen LogP contribution in [-0.4, -0.2) is 29.5 Å². The third-order valence-electron chi connectivity index (χ3n) is 5.34. The minimum Gasteiger partial charge on any atom is -0.406 e. The summed E-state index contributed by atoms with van der Waals surface area (Å²) in [5, 5.41) is 7.46. The molecule has 0 radical (unpaired) electrons. The molecule has 184 valence electrons. The molecule has 0 atom stereocenters. The summed E-state index contributed by atoms with van der Waals surface area (Å²) in [5.74, 6) is -1.64. The van der Waals surface area contributed by atoms with Crippen LogP contribution >= 0.6 is 12.2 Å². The van der Waals surface area contributed by atoms with Crippen molar-refractivity contribution in [3.05, 3.63) is 88.5 Å². The maximum atomic E-state index is 12.9. The van der Waals surface area contributed by atoms with Crippen molar-refractivity contribution in [3.63, 3.8) is 0 Å². The number of carbonyl (C=O) groups excluding carboxylic acids is 2. The van der Waals surface area contributed by atoms with Crippen LogP contribution in [0.15, 0.2) is 65.8 Å². The van der Waals surface area contributed by atoms with Gasteiger partial charge in [-0.2, -0.15) is 5.10 Å². The van der Waals surface area contributed by atoms with Gasteiger partial charge in [0.25, 0.3) is 11.8 Å². The fraction of sp³-hybridized carbons (Fsp3) is 0.120. The molecule has 3 aromatic rings. The van der Waals surface area contributed by atoms with Gasteiger partial charge in [0.2, 0.25) is 0 Å². The van der Waals surface area contributed by atoms with E-state index in [1.165, 1.54) is 30.5 Å². The number of benzene rings is 3. The number of halogens is 3. The van der Waals surface area contributed by atoms with Crippen LogP contribution in [-0.2, 0) is 0 Å². The highest BCUT2D eigenvalue weighted by Gasteiger charge is 2.37. The molecule has 11 heteroatoms. The number of rotatable bonds is 5. The molecule has 0 aliphatic carbocycles. The lowest BCUT2D eigenvalue weighted by molar-refractivity contribution is -0.274. The Kier molecular flexibility index (Phi) is 6.75. The monoisotopic (exact) mass is 512 g/mol. The molecule has 4 rings (SSSR count). The number of hydrazone groups is 1. The molecule has 2 N–H and O–H groups in total. The maximum Gasteiger partial charge on any atom is 0.573 e. The van der Waals surface area contributed by atoms with Gasteiger partial charge in [0.05, 0.1) is 23.0 Å². The number of hydrogen-bond donors (Lipinski definition) is 2. The van der Waals surface area contributed by atoms with Crippen molar-refractivity contribution >= 4 is 46.7 Å². The van der Waals surface area contributed by atoms with Crippen LogP contribution in [0.25, 0.3) is 0 Å². The average molecular weight is 513 g/mol. The number of aryl methyl sites for hydroxylation is 2. The SMILES string of the molecule is Cc1cccc(C)c1NC(=S)N/N=C/c1ccc2c(c1)C(=O)N(c1ccc(OC(F)(F)F)cc1)C2=O. The summed E-state index contributed by atoms with van der Waals surface area (Å²) in [4.78, 5) is 26.6. The lowest BCUT2D eigenvalue weighted by atomic mass is 10.1. The largest absolute Gasteiger partial charge is 0.573 e. The molecular formula is C25H19F3N4O3S. The third kappa shape index (κ3) is 5.36. The van der Waals surface area contributed by atoms with E-state index in [9.17, 15) is 22.8 Å². The molecule has 0 aromatic heterocycles. The van der Waals surface area contributed by atoms with Crippen molar-refractivity contribution in [2.24, 2.45) is 5.10 Å². The highest BCUT2D eigenvalue weighted by molar-refractivity contribution is 7.80. The van der Waals surface area contributed by atoms with Crippen LogP contribution in [0.3, 0.4) is 0 Å². The first-order chi connectivity index (χ1) is 17.0. The molecule has 0 saturated carbocycles. The quantitative estimate of drug-likeness (QED) is 0.208. The van der Waals surface area contributed by atoms with E-state index in [0.29, 0.717) is 5.56 Å².